The van der Waals surface area contributed by atoms with Gasteiger partial charge in [-0.1, -0.05) is 23.2 Å². The highest BCUT2D eigenvalue weighted by atomic mass is 35.5. The van der Waals surface area contributed by atoms with Crippen LogP contribution in [0.2, 0.25) is 10.0 Å². The number of aromatic carboxylic acids is 1. The molecule has 0 fully saturated rings. The summed E-state index contributed by atoms with van der Waals surface area (Å²) in [5.74, 6) is -1.26. The Morgan fingerprint density at radius 2 is 2.05 bits per heavy atom. The second kappa shape index (κ2) is 5.94. The van der Waals surface area contributed by atoms with Crippen LogP contribution in [0, 0.1) is 10.1 Å². The van der Waals surface area contributed by atoms with E-state index in [0.717, 1.165) is 6.07 Å². The maximum Gasteiger partial charge on any atom is 0.337 e. The van der Waals surface area contributed by atoms with Crippen molar-refractivity contribution in [1.82, 2.24) is 4.98 Å². The predicted molar refractivity (Wildman–Crippen MR) is 77.6 cm³/mol. The lowest BCUT2D eigenvalue weighted by atomic mass is 10.2. The molecule has 0 aliphatic rings. The number of pyridine rings is 1. The summed E-state index contributed by atoms with van der Waals surface area (Å²) in [4.78, 5) is 25.1. The van der Waals surface area contributed by atoms with Gasteiger partial charge in [0.05, 0.1) is 20.5 Å². The Balaban J connectivity index is 2.41. The minimum absolute atomic E-state index is 0.0527. The minimum atomic E-state index is -1.21. The molecule has 0 spiro atoms. The van der Waals surface area contributed by atoms with Crippen LogP contribution in [0.15, 0.2) is 30.5 Å². The Morgan fingerprint density at radius 3 is 2.67 bits per heavy atom. The summed E-state index contributed by atoms with van der Waals surface area (Å²) in [5.41, 5.74) is -0.151. The molecule has 0 atom stereocenters. The Morgan fingerprint density at radius 1 is 1.33 bits per heavy atom. The van der Waals surface area contributed by atoms with Gasteiger partial charge in [0.25, 0.3) is 0 Å². The van der Waals surface area contributed by atoms with E-state index >= 15 is 0 Å². The van der Waals surface area contributed by atoms with Crippen molar-refractivity contribution in [3.05, 3.63) is 56.2 Å². The van der Waals surface area contributed by atoms with Gasteiger partial charge >= 0.3 is 11.7 Å². The topological polar surface area (TPSA) is 105 Å². The number of aromatic nitrogens is 1. The van der Waals surface area contributed by atoms with Crippen molar-refractivity contribution in [2.24, 2.45) is 0 Å². The number of carboxylic acid groups (broad SMARTS) is 1. The molecule has 2 aromatic rings. The number of nitrogens with zero attached hydrogens (tertiary/aromatic N) is 2. The van der Waals surface area contributed by atoms with Crippen LogP contribution in [0.1, 0.15) is 10.4 Å². The number of hydrogen-bond acceptors (Lipinski definition) is 5. The first-order valence-electron chi connectivity index (χ1n) is 5.48. The zero-order chi connectivity index (χ0) is 15.6. The SMILES string of the molecule is O=C(O)c1cc(Nc2ncc(Cl)cc2[N+](=O)[O-])ccc1Cl. The highest BCUT2D eigenvalue weighted by Gasteiger charge is 2.17. The van der Waals surface area contributed by atoms with E-state index in [0.29, 0.717) is 5.69 Å². The van der Waals surface area contributed by atoms with Crippen molar-refractivity contribution in [2.75, 3.05) is 5.32 Å². The van der Waals surface area contributed by atoms with Crippen molar-refractivity contribution < 1.29 is 14.8 Å². The number of rotatable bonds is 4. The number of anilines is 2. The lowest BCUT2D eigenvalue weighted by molar-refractivity contribution is -0.384. The molecule has 7 nitrogen and oxygen atoms in total. The zero-order valence-corrected chi connectivity index (χ0v) is 11.7. The Labute approximate surface area is 128 Å². The average Bonchev–Trinajstić information content (AvgIpc) is 2.42. The lowest BCUT2D eigenvalue weighted by Gasteiger charge is -2.08. The molecule has 2 rings (SSSR count). The standard InChI is InChI=1S/C12H7Cl2N3O4/c13-6-3-10(17(20)21)11(15-5-6)16-7-1-2-9(14)8(4-7)12(18)19/h1-5H,(H,15,16)(H,18,19). The summed E-state index contributed by atoms with van der Waals surface area (Å²) in [7, 11) is 0. The molecule has 0 radical (unpaired) electrons. The number of nitrogens with one attached hydrogen (secondary N) is 1. The smallest absolute Gasteiger partial charge is 0.337 e. The maximum absolute atomic E-state index is 11.0. The first kappa shape index (κ1) is 15.0. The minimum Gasteiger partial charge on any atom is -0.478 e. The van der Waals surface area contributed by atoms with Crippen LogP contribution in [0.4, 0.5) is 17.2 Å². The number of halogens is 2. The second-order valence-corrected chi connectivity index (χ2v) is 4.75. The van der Waals surface area contributed by atoms with Gasteiger partial charge < -0.3 is 10.4 Å². The van der Waals surface area contributed by atoms with Gasteiger partial charge in [-0.25, -0.2) is 9.78 Å². The van der Waals surface area contributed by atoms with Crippen molar-refractivity contribution in [1.29, 1.82) is 0 Å². The van der Waals surface area contributed by atoms with Crippen LogP contribution in [0.5, 0.6) is 0 Å². The molecule has 1 aromatic carbocycles. The lowest BCUT2D eigenvalue weighted by Crippen LogP contribution is -2.02. The molecule has 108 valence electrons. The van der Waals surface area contributed by atoms with Gasteiger partial charge in [0.1, 0.15) is 0 Å². The molecule has 21 heavy (non-hydrogen) atoms. The van der Waals surface area contributed by atoms with Crippen molar-refractivity contribution in [3.63, 3.8) is 0 Å². The van der Waals surface area contributed by atoms with E-state index < -0.39 is 10.9 Å². The van der Waals surface area contributed by atoms with Gasteiger partial charge in [-0.3, -0.25) is 10.1 Å². The van der Waals surface area contributed by atoms with Gasteiger partial charge in [-0.2, -0.15) is 0 Å². The Hall–Kier alpha value is -2.38. The van der Waals surface area contributed by atoms with E-state index in [1.807, 2.05) is 0 Å². The van der Waals surface area contributed by atoms with Crippen molar-refractivity contribution in [3.8, 4) is 0 Å². The van der Waals surface area contributed by atoms with E-state index in [1.54, 1.807) is 0 Å². The molecular weight excluding hydrogens is 321 g/mol. The van der Waals surface area contributed by atoms with Gasteiger partial charge in [-0.05, 0) is 18.2 Å². The first-order valence-corrected chi connectivity index (χ1v) is 6.24. The number of carboxylic acids is 1. The normalized spacial score (nSPS) is 10.2. The van der Waals surface area contributed by atoms with Gasteiger partial charge in [0, 0.05) is 18.0 Å². The summed E-state index contributed by atoms with van der Waals surface area (Å²) < 4.78 is 0. The van der Waals surface area contributed by atoms with Crippen LogP contribution >= 0.6 is 23.2 Å². The summed E-state index contributed by atoms with van der Waals surface area (Å²) in [6, 6.07) is 5.25. The average molecular weight is 328 g/mol. The summed E-state index contributed by atoms with van der Waals surface area (Å²) in [5, 5.41) is 22.8. The van der Waals surface area contributed by atoms with Crippen LogP contribution in [-0.2, 0) is 0 Å². The molecule has 1 heterocycles. The maximum atomic E-state index is 11.0. The van der Waals surface area contributed by atoms with Crippen LogP contribution in [-0.4, -0.2) is 21.0 Å². The highest BCUT2D eigenvalue weighted by molar-refractivity contribution is 6.33. The molecule has 2 N–H and O–H groups in total. The van der Waals surface area contributed by atoms with E-state index in [1.165, 1.54) is 24.4 Å². The third-order valence-electron chi connectivity index (χ3n) is 2.49. The molecular formula is C12H7Cl2N3O4. The molecule has 0 amide bonds. The van der Waals surface area contributed by atoms with E-state index in [-0.39, 0.29) is 27.1 Å². The zero-order valence-electron chi connectivity index (χ0n) is 10.2. The number of nitro groups is 1. The monoisotopic (exact) mass is 327 g/mol. The third kappa shape index (κ3) is 3.39. The second-order valence-electron chi connectivity index (χ2n) is 3.90. The third-order valence-corrected chi connectivity index (χ3v) is 3.03. The fourth-order valence-electron chi connectivity index (χ4n) is 1.57. The molecule has 0 saturated heterocycles. The van der Waals surface area contributed by atoms with Crippen LogP contribution in [0.3, 0.4) is 0 Å². The molecule has 0 saturated carbocycles. The van der Waals surface area contributed by atoms with E-state index in [4.69, 9.17) is 28.3 Å². The quantitative estimate of drug-likeness (QED) is 0.654. The predicted octanol–water partition coefficient (Wildman–Crippen LogP) is 3.74. The molecule has 0 bridgehead atoms. The van der Waals surface area contributed by atoms with Crippen LogP contribution in [0.25, 0.3) is 0 Å². The number of carbonyl (C=O) groups is 1. The molecule has 0 aliphatic heterocycles. The molecule has 0 unspecified atom stereocenters. The number of hydrogen-bond donors (Lipinski definition) is 2. The summed E-state index contributed by atoms with van der Waals surface area (Å²) >= 11 is 11.4. The summed E-state index contributed by atoms with van der Waals surface area (Å²) in [6.45, 7) is 0. The summed E-state index contributed by atoms with van der Waals surface area (Å²) in [6.07, 6.45) is 1.24. The first-order chi connectivity index (χ1) is 9.88. The highest BCUT2D eigenvalue weighted by Crippen LogP contribution is 2.29. The van der Waals surface area contributed by atoms with Crippen molar-refractivity contribution >= 4 is 46.4 Å². The molecule has 9 heteroatoms. The Kier molecular flexibility index (Phi) is 4.25. The molecule has 1 aromatic heterocycles. The Bertz CT molecular complexity index is 736. The molecule has 0 aliphatic carbocycles. The van der Waals surface area contributed by atoms with E-state index in [2.05, 4.69) is 10.3 Å². The van der Waals surface area contributed by atoms with Gasteiger partial charge in [0.15, 0.2) is 0 Å². The van der Waals surface area contributed by atoms with Crippen LogP contribution < -0.4 is 5.32 Å². The fraction of sp³-hybridized carbons (Fsp3) is 0. The van der Waals surface area contributed by atoms with Gasteiger partial charge in [0.2, 0.25) is 5.82 Å². The van der Waals surface area contributed by atoms with Crippen molar-refractivity contribution in [2.45, 2.75) is 0 Å². The number of benzene rings is 1. The van der Waals surface area contributed by atoms with Gasteiger partial charge in [-0.15, -0.1) is 0 Å². The fourth-order valence-corrected chi connectivity index (χ4v) is 1.92. The van der Waals surface area contributed by atoms with E-state index in [9.17, 15) is 14.9 Å². The largest absolute Gasteiger partial charge is 0.478 e.